The average molecular weight is 295 g/mol. The molecule has 0 radical (unpaired) electrons. The highest BCUT2D eigenvalue weighted by molar-refractivity contribution is 4.96. The van der Waals surface area contributed by atoms with E-state index >= 15 is 0 Å². The Kier molecular flexibility index (Phi) is 6.55. The molecule has 1 unspecified atom stereocenters. The van der Waals surface area contributed by atoms with Gasteiger partial charge >= 0.3 is 0 Å². The van der Waals surface area contributed by atoms with E-state index in [4.69, 9.17) is 5.73 Å². The first-order chi connectivity index (χ1) is 10.1. The van der Waals surface area contributed by atoms with Crippen LogP contribution in [-0.4, -0.2) is 30.1 Å². The molecule has 21 heavy (non-hydrogen) atoms. The van der Waals surface area contributed by atoms with Crippen LogP contribution in [0.2, 0.25) is 0 Å². The largest absolute Gasteiger partial charge is 0.329 e. The molecule has 2 heteroatoms. The molecule has 2 N–H and O–H groups in total. The zero-order chi connectivity index (χ0) is 15.3. The Morgan fingerprint density at radius 3 is 2.38 bits per heavy atom. The smallest absolute Gasteiger partial charge is 0.0331 e. The van der Waals surface area contributed by atoms with Gasteiger partial charge in [0.25, 0.3) is 0 Å². The third kappa shape index (κ3) is 4.22. The summed E-state index contributed by atoms with van der Waals surface area (Å²) in [6.45, 7) is 10.6. The van der Waals surface area contributed by atoms with Crippen LogP contribution in [0.1, 0.15) is 78.6 Å². The molecule has 0 aromatic rings. The van der Waals surface area contributed by atoms with E-state index in [9.17, 15) is 0 Å². The van der Waals surface area contributed by atoms with Crippen molar-refractivity contribution in [2.75, 3.05) is 19.6 Å². The molecule has 2 nitrogen and oxygen atoms in total. The van der Waals surface area contributed by atoms with Crippen molar-refractivity contribution in [3.63, 3.8) is 0 Å². The van der Waals surface area contributed by atoms with Crippen LogP contribution >= 0.6 is 0 Å². The molecule has 1 aliphatic heterocycles. The molecule has 1 aliphatic carbocycles. The minimum atomic E-state index is 0.343. The topological polar surface area (TPSA) is 29.3 Å². The van der Waals surface area contributed by atoms with E-state index < -0.39 is 0 Å². The zero-order valence-electron chi connectivity index (χ0n) is 14.7. The highest BCUT2D eigenvalue weighted by atomic mass is 15.2. The number of hydrogen-bond donors (Lipinski definition) is 1. The normalized spacial score (nSPS) is 35.9. The maximum absolute atomic E-state index is 6.29. The summed E-state index contributed by atoms with van der Waals surface area (Å²) in [6, 6.07) is 0. The van der Waals surface area contributed by atoms with E-state index in [1.807, 2.05) is 0 Å². The third-order valence-corrected chi connectivity index (χ3v) is 6.50. The van der Waals surface area contributed by atoms with Gasteiger partial charge in [-0.2, -0.15) is 0 Å². The standard InChI is InChI=1S/C19H38N2/c1-4-6-17-8-11-19(15-20,12-9-17)21-13-5-7-18(10-14-21)16(2)3/h16-18H,4-15,20H2,1-3H3. The first-order valence-electron chi connectivity index (χ1n) is 9.56. The van der Waals surface area contributed by atoms with E-state index in [1.54, 1.807) is 0 Å². The lowest BCUT2D eigenvalue weighted by molar-refractivity contribution is 0.0422. The maximum Gasteiger partial charge on any atom is 0.0331 e. The van der Waals surface area contributed by atoms with Gasteiger partial charge in [-0.05, 0) is 75.8 Å². The van der Waals surface area contributed by atoms with Gasteiger partial charge in [-0.15, -0.1) is 0 Å². The molecule has 2 rings (SSSR count). The van der Waals surface area contributed by atoms with Crippen molar-refractivity contribution >= 4 is 0 Å². The van der Waals surface area contributed by atoms with E-state index in [-0.39, 0.29) is 0 Å². The first-order valence-corrected chi connectivity index (χ1v) is 9.56. The quantitative estimate of drug-likeness (QED) is 0.812. The Labute approximate surface area is 132 Å². The molecule has 0 spiro atoms. The van der Waals surface area contributed by atoms with Crippen LogP contribution in [-0.2, 0) is 0 Å². The molecule has 1 saturated heterocycles. The lowest BCUT2D eigenvalue weighted by Gasteiger charge is -2.47. The van der Waals surface area contributed by atoms with Crippen LogP contribution in [0.3, 0.4) is 0 Å². The monoisotopic (exact) mass is 294 g/mol. The Bertz CT molecular complexity index is 292. The van der Waals surface area contributed by atoms with Crippen molar-refractivity contribution in [2.24, 2.45) is 23.5 Å². The summed E-state index contributed by atoms with van der Waals surface area (Å²) in [4.78, 5) is 2.80. The van der Waals surface area contributed by atoms with E-state index in [2.05, 4.69) is 25.7 Å². The molecule has 1 heterocycles. The Morgan fingerprint density at radius 1 is 1.10 bits per heavy atom. The molecule has 0 aromatic heterocycles. The summed E-state index contributed by atoms with van der Waals surface area (Å²) < 4.78 is 0. The second-order valence-corrected chi connectivity index (χ2v) is 8.08. The second-order valence-electron chi connectivity index (χ2n) is 8.08. The first kappa shape index (κ1) is 17.3. The van der Waals surface area contributed by atoms with Gasteiger partial charge < -0.3 is 5.73 Å². The number of nitrogens with zero attached hydrogens (tertiary/aromatic N) is 1. The van der Waals surface area contributed by atoms with Crippen molar-refractivity contribution in [2.45, 2.75) is 84.1 Å². The van der Waals surface area contributed by atoms with Gasteiger partial charge in [-0.1, -0.05) is 33.6 Å². The zero-order valence-corrected chi connectivity index (χ0v) is 14.7. The number of hydrogen-bond acceptors (Lipinski definition) is 2. The summed E-state index contributed by atoms with van der Waals surface area (Å²) in [6.07, 6.45) is 12.5. The predicted octanol–water partition coefficient (Wildman–Crippen LogP) is 4.43. The Hall–Kier alpha value is -0.0800. The van der Waals surface area contributed by atoms with Gasteiger partial charge in [0.05, 0.1) is 0 Å². The molecule has 2 aliphatic rings. The number of rotatable bonds is 5. The fraction of sp³-hybridized carbons (Fsp3) is 1.00. The molecule has 0 bridgehead atoms. The molecule has 0 aromatic carbocycles. The fourth-order valence-electron chi connectivity index (χ4n) is 4.82. The van der Waals surface area contributed by atoms with E-state index in [0.29, 0.717) is 5.54 Å². The maximum atomic E-state index is 6.29. The number of likely N-dealkylation sites (tertiary alicyclic amines) is 1. The van der Waals surface area contributed by atoms with Crippen LogP contribution in [0, 0.1) is 17.8 Å². The van der Waals surface area contributed by atoms with Gasteiger partial charge in [0.15, 0.2) is 0 Å². The molecular weight excluding hydrogens is 256 g/mol. The lowest BCUT2D eigenvalue weighted by Crippen LogP contribution is -2.56. The van der Waals surface area contributed by atoms with Crippen LogP contribution in [0.25, 0.3) is 0 Å². The van der Waals surface area contributed by atoms with Crippen molar-refractivity contribution in [3.8, 4) is 0 Å². The van der Waals surface area contributed by atoms with Crippen LogP contribution in [0.5, 0.6) is 0 Å². The predicted molar refractivity (Wildman–Crippen MR) is 92.4 cm³/mol. The summed E-state index contributed by atoms with van der Waals surface area (Å²) >= 11 is 0. The number of nitrogens with two attached hydrogens (primary N) is 1. The highest BCUT2D eigenvalue weighted by Gasteiger charge is 2.39. The Morgan fingerprint density at radius 2 is 1.81 bits per heavy atom. The fourth-order valence-corrected chi connectivity index (χ4v) is 4.82. The lowest BCUT2D eigenvalue weighted by atomic mass is 9.74. The highest BCUT2D eigenvalue weighted by Crippen LogP contribution is 2.39. The van der Waals surface area contributed by atoms with Gasteiger partial charge in [-0.3, -0.25) is 4.90 Å². The molecule has 1 atom stereocenters. The van der Waals surface area contributed by atoms with Crippen molar-refractivity contribution in [1.29, 1.82) is 0 Å². The third-order valence-electron chi connectivity index (χ3n) is 6.50. The van der Waals surface area contributed by atoms with Crippen LogP contribution in [0.15, 0.2) is 0 Å². The van der Waals surface area contributed by atoms with Gasteiger partial charge in [0.1, 0.15) is 0 Å². The van der Waals surface area contributed by atoms with Crippen LogP contribution < -0.4 is 5.73 Å². The second kappa shape index (κ2) is 7.97. The van der Waals surface area contributed by atoms with Crippen molar-refractivity contribution in [1.82, 2.24) is 4.90 Å². The van der Waals surface area contributed by atoms with Gasteiger partial charge in [0, 0.05) is 12.1 Å². The van der Waals surface area contributed by atoms with Crippen molar-refractivity contribution < 1.29 is 0 Å². The van der Waals surface area contributed by atoms with E-state index in [1.165, 1.54) is 70.9 Å². The summed E-state index contributed by atoms with van der Waals surface area (Å²) in [7, 11) is 0. The molecule has 1 saturated carbocycles. The SMILES string of the molecule is CCCC1CCC(CN)(N2CCCC(C(C)C)CC2)CC1. The Balaban J connectivity index is 1.94. The minimum absolute atomic E-state index is 0.343. The van der Waals surface area contributed by atoms with Crippen molar-refractivity contribution in [3.05, 3.63) is 0 Å². The van der Waals surface area contributed by atoms with E-state index in [0.717, 1.165) is 24.3 Å². The van der Waals surface area contributed by atoms with Gasteiger partial charge in [-0.25, -0.2) is 0 Å². The van der Waals surface area contributed by atoms with Gasteiger partial charge in [0.2, 0.25) is 0 Å². The van der Waals surface area contributed by atoms with Crippen LogP contribution in [0.4, 0.5) is 0 Å². The summed E-state index contributed by atoms with van der Waals surface area (Å²) in [5, 5.41) is 0. The molecule has 2 fully saturated rings. The molecule has 124 valence electrons. The average Bonchev–Trinajstić information content (AvgIpc) is 2.75. The molecular formula is C19H38N2. The molecule has 0 amide bonds. The minimum Gasteiger partial charge on any atom is -0.329 e. The summed E-state index contributed by atoms with van der Waals surface area (Å²) in [5.74, 6) is 2.75. The summed E-state index contributed by atoms with van der Waals surface area (Å²) in [5.41, 5.74) is 6.64.